The molecule has 0 bridgehead atoms. The molecule has 8 nitrogen and oxygen atoms in total. The van der Waals surface area contributed by atoms with Gasteiger partial charge in [0.1, 0.15) is 12.6 Å². The molecule has 2 N–H and O–H groups in total. The zero-order valence-corrected chi connectivity index (χ0v) is 22.9. The number of carboxylic acids is 1. The van der Waals surface area contributed by atoms with Crippen LogP contribution in [0.15, 0.2) is 78.9 Å². The Bertz CT molecular complexity index is 1400. The Kier molecular flexibility index (Phi) is 7.49. The molecule has 1 saturated carbocycles. The number of hydrogen-bond acceptors (Lipinski definition) is 5. The van der Waals surface area contributed by atoms with Crippen LogP contribution >= 0.6 is 0 Å². The first kappa shape index (κ1) is 27.0. The minimum absolute atomic E-state index is 0.0409. The highest BCUT2D eigenvalue weighted by atomic mass is 16.5. The van der Waals surface area contributed by atoms with Crippen LogP contribution < -0.4 is 5.32 Å². The number of carboxylic acid groups (broad SMARTS) is 1. The lowest BCUT2D eigenvalue weighted by atomic mass is 9.98. The standard InChI is InChI=1S/C33H34N2O6/c1-20(40-18-21-9-3-2-4-10-21)30(31(36)35-16-15-26-27(17-35)29(26)32(37)38)34-33(39)41-19-28-24-13-7-5-11-22(24)23-12-6-8-14-25(23)28/h2-14,20,26-30H,15-19H2,1H3,(H,34,39)(H,37,38)/t20-,26?,27?,29?,30+/m0/s1. The van der Waals surface area contributed by atoms with Crippen LogP contribution in [0.1, 0.15) is 36.0 Å². The Labute approximate surface area is 239 Å². The van der Waals surface area contributed by atoms with Crippen molar-refractivity contribution in [3.63, 3.8) is 0 Å². The van der Waals surface area contributed by atoms with E-state index in [2.05, 4.69) is 29.6 Å². The molecular formula is C33H34N2O6. The molecule has 6 rings (SSSR count). The summed E-state index contributed by atoms with van der Waals surface area (Å²) in [4.78, 5) is 40.1. The van der Waals surface area contributed by atoms with Gasteiger partial charge in [-0.3, -0.25) is 9.59 Å². The van der Waals surface area contributed by atoms with Crippen LogP contribution in [0.3, 0.4) is 0 Å². The highest BCUT2D eigenvalue weighted by molar-refractivity contribution is 5.87. The van der Waals surface area contributed by atoms with Crippen molar-refractivity contribution >= 4 is 18.0 Å². The number of aliphatic carboxylic acids is 1. The maximum Gasteiger partial charge on any atom is 0.407 e. The van der Waals surface area contributed by atoms with Gasteiger partial charge in [0.15, 0.2) is 0 Å². The summed E-state index contributed by atoms with van der Waals surface area (Å²) in [6, 6.07) is 24.9. The minimum atomic E-state index is -0.979. The van der Waals surface area contributed by atoms with Gasteiger partial charge >= 0.3 is 12.1 Å². The molecule has 1 heterocycles. The predicted octanol–water partition coefficient (Wildman–Crippen LogP) is 4.68. The molecule has 41 heavy (non-hydrogen) atoms. The average Bonchev–Trinajstić information content (AvgIpc) is 3.65. The number of carbonyl (C=O) groups is 3. The molecule has 0 radical (unpaired) electrons. The summed E-state index contributed by atoms with van der Waals surface area (Å²) in [5, 5.41) is 12.3. The van der Waals surface area contributed by atoms with E-state index in [0.29, 0.717) is 19.5 Å². The Hall–Kier alpha value is -4.17. The second kappa shape index (κ2) is 11.4. The zero-order chi connectivity index (χ0) is 28.5. The van der Waals surface area contributed by atoms with Gasteiger partial charge in [0.05, 0.1) is 18.6 Å². The van der Waals surface area contributed by atoms with E-state index in [-0.39, 0.29) is 36.9 Å². The number of nitrogens with one attached hydrogen (secondary N) is 1. The summed E-state index contributed by atoms with van der Waals surface area (Å²) in [7, 11) is 0. The molecule has 3 unspecified atom stereocenters. The van der Waals surface area contributed by atoms with E-state index in [0.717, 1.165) is 27.8 Å². The summed E-state index contributed by atoms with van der Waals surface area (Å²) in [6.45, 7) is 3.00. The number of carbonyl (C=O) groups excluding carboxylic acids is 2. The molecule has 5 atom stereocenters. The highest BCUT2D eigenvalue weighted by Gasteiger charge is 2.57. The van der Waals surface area contributed by atoms with Gasteiger partial charge in [-0.25, -0.2) is 4.79 Å². The van der Waals surface area contributed by atoms with Crippen LogP contribution in [0, 0.1) is 17.8 Å². The number of hydrogen-bond donors (Lipinski definition) is 2. The summed E-state index contributed by atoms with van der Waals surface area (Å²) in [6.07, 6.45) is -0.690. The number of rotatable bonds is 9. The molecule has 3 aromatic carbocycles. The molecule has 8 heteroatoms. The van der Waals surface area contributed by atoms with Crippen LogP contribution in [0.4, 0.5) is 4.79 Å². The Morgan fingerprint density at radius 1 is 0.927 bits per heavy atom. The normalized spacial score (nSPS) is 22.1. The minimum Gasteiger partial charge on any atom is -0.481 e. The van der Waals surface area contributed by atoms with E-state index < -0.39 is 30.1 Å². The average molecular weight is 555 g/mol. The maximum atomic E-state index is 13.7. The quantitative estimate of drug-likeness (QED) is 0.398. The topological polar surface area (TPSA) is 105 Å². The predicted molar refractivity (Wildman–Crippen MR) is 152 cm³/mol. The van der Waals surface area contributed by atoms with Crippen molar-refractivity contribution in [1.29, 1.82) is 0 Å². The third-order valence-electron chi connectivity index (χ3n) is 8.80. The van der Waals surface area contributed by atoms with Crippen LogP contribution in [-0.2, 0) is 25.7 Å². The molecule has 1 aliphatic heterocycles. The van der Waals surface area contributed by atoms with Gasteiger partial charge in [-0.1, -0.05) is 78.9 Å². The molecule has 3 aliphatic rings. The van der Waals surface area contributed by atoms with Crippen molar-refractivity contribution in [3.8, 4) is 11.1 Å². The van der Waals surface area contributed by atoms with Crippen LogP contribution in [-0.4, -0.2) is 59.8 Å². The number of nitrogens with zero attached hydrogens (tertiary/aromatic N) is 1. The first-order valence-corrected chi connectivity index (χ1v) is 14.2. The molecule has 2 aliphatic carbocycles. The number of ether oxygens (including phenoxy) is 2. The lowest BCUT2D eigenvalue weighted by Gasteiger charge is -2.32. The Morgan fingerprint density at radius 2 is 1.56 bits per heavy atom. The van der Waals surface area contributed by atoms with Crippen molar-refractivity contribution in [3.05, 3.63) is 95.6 Å². The molecule has 0 aromatic heterocycles. The van der Waals surface area contributed by atoms with Crippen molar-refractivity contribution in [2.24, 2.45) is 17.8 Å². The molecule has 2 fully saturated rings. The molecule has 1 saturated heterocycles. The second-order valence-corrected chi connectivity index (χ2v) is 11.2. The maximum absolute atomic E-state index is 13.7. The number of benzene rings is 3. The van der Waals surface area contributed by atoms with Gasteiger partial charge in [0, 0.05) is 19.0 Å². The number of alkyl carbamates (subject to hydrolysis) is 1. The summed E-state index contributed by atoms with van der Waals surface area (Å²) >= 11 is 0. The highest BCUT2D eigenvalue weighted by Crippen LogP contribution is 2.51. The van der Waals surface area contributed by atoms with Crippen molar-refractivity contribution < 1.29 is 29.0 Å². The van der Waals surface area contributed by atoms with E-state index in [9.17, 15) is 19.5 Å². The molecular weight excluding hydrogens is 520 g/mol. The summed E-state index contributed by atoms with van der Waals surface area (Å²) in [5.41, 5.74) is 5.44. The first-order valence-electron chi connectivity index (χ1n) is 14.2. The fourth-order valence-corrected chi connectivity index (χ4v) is 6.55. The zero-order valence-electron chi connectivity index (χ0n) is 22.9. The number of amides is 2. The second-order valence-electron chi connectivity index (χ2n) is 11.2. The third kappa shape index (κ3) is 5.44. The fourth-order valence-electron chi connectivity index (χ4n) is 6.55. The van der Waals surface area contributed by atoms with Gasteiger partial charge in [0.25, 0.3) is 0 Å². The summed E-state index contributed by atoms with van der Waals surface area (Å²) in [5.74, 6) is -1.50. The Balaban J connectivity index is 1.14. The van der Waals surface area contributed by atoms with Crippen LogP contribution in [0.5, 0.6) is 0 Å². The van der Waals surface area contributed by atoms with Crippen LogP contribution in [0.2, 0.25) is 0 Å². The van der Waals surface area contributed by atoms with E-state index in [4.69, 9.17) is 9.47 Å². The molecule has 2 amide bonds. The number of piperidine rings is 1. The van der Waals surface area contributed by atoms with Gasteiger partial charge in [-0.05, 0) is 53.0 Å². The molecule has 212 valence electrons. The molecule has 3 aromatic rings. The smallest absolute Gasteiger partial charge is 0.407 e. The molecule has 0 spiro atoms. The fraction of sp³-hybridized carbons (Fsp3) is 0.364. The van der Waals surface area contributed by atoms with Gasteiger partial charge in [-0.15, -0.1) is 0 Å². The van der Waals surface area contributed by atoms with Gasteiger partial charge in [0.2, 0.25) is 5.91 Å². The largest absolute Gasteiger partial charge is 0.481 e. The van der Waals surface area contributed by atoms with Crippen molar-refractivity contribution in [2.75, 3.05) is 19.7 Å². The van der Waals surface area contributed by atoms with Gasteiger partial charge < -0.3 is 24.8 Å². The van der Waals surface area contributed by atoms with E-state index in [1.807, 2.05) is 54.6 Å². The first-order chi connectivity index (χ1) is 19.9. The monoisotopic (exact) mass is 554 g/mol. The SMILES string of the molecule is C[C@H](OCc1ccccc1)[C@@H](NC(=O)OCC1c2ccccc2-c2ccccc21)C(=O)N1CCC2C(C1)C2C(=O)O. The van der Waals surface area contributed by atoms with E-state index in [1.54, 1.807) is 11.8 Å². The van der Waals surface area contributed by atoms with Crippen LogP contribution in [0.25, 0.3) is 11.1 Å². The van der Waals surface area contributed by atoms with Crippen molar-refractivity contribution in [1.82, 2.24) is 10.2 Å². The third-order valence-corrected chi connectivity index (χ3v) is 8.80. The Morgan fingerprint density at radius 3 is 2.22 bits per heavy atom. The van der Waals surface area contributed by atoms with Crippen molar-refractivity contribution in [2.45, 2.75) is 38.0 Å². The number of likely N-dealkylation sites (tertiary alicyclic amines) is 1. The lowest BCUT2D eigenvalue weighted by Crippen LogP contribution is -2.55. The van der Waals surface area contributed by atoms with E-state index in [1.165, 1.54) is 0 Å². The van der Waals surface area contributed by atoms with Gasteiger partial charge in [-0.2, -0.15) is 0 Å². The number of fused-ring (bicyclic) bond motifs is 4. The summed E-state index contributed by atoms with van der Waals surface area (Å²) < 4.78 is 11.8. The lowest BCUT2D eigenvalue weighted by molar-refractivity contribution is -0.140. The van der Waals surface area contributed by atoms with E-state index >= 15 is 0 Å².